The van der Waals surface area contributed by atoms with Gasteiger partial charge in [-0.05, 0) is 104 Å². The highest BCUT2D eigenvalue weighted by Crippen LogP contribution is 2.43. The lowest BCUT2D eigenvalue weighted by atomic mass is 9.78. The first-order chi connectivity index (χ1) is 34.1. The van der Waals surface area contributed by atoms with Gasteiger partial charge < -0.3 is 20.6 Å². The van der Waals surface area contributed by atoms with E-state index in [0.29, 0.717) is 45.5 Å². The van der Waals surface area contributed by atoms with E-state index in [1.807, 2.05) is 36.4 Å². The zero-order valence-electron chi connectivity index (χ0n) is 42.0. The SMILES string of the molecule is CCCCC(CC)CN(c1cccc(CC)c1)c1ccc(C2=C([O-])/C(=C3C=C/C(=[N+](\CC(CC)CCCC)c4cccc(CC)c4)C=C/3NC(=O)c3ccccc3)C2=O)c(NC(=O)c2ccccc2)c1. The normalized spacial score (nSPS) is 16.0. The summed E-state index contributed by atoms with van der Waals surface area (Å²) in [5.74, 6) is -0.780. The van der Waals surface area contributed by atoms with Crippen molar-refractivity contribution in [2.24, 2.45) is 11.8 Å². The van der Waals surface area contributed by atoms with E-state index in [2.05, 4.69) is 110 Å². The number of hydrogen-bond acceptors (Lipinski definition) is 5. The number of rotatable bonds is 22. The molecule has 2 aliphatic rings. The fourth-order valence-corrected chi connectivity index (χ4v) is 9.45. The molecule has 0 aromatic heterocycles. The number of allylic oxidation sites excluding steroid dienone is 5. The predicted octanol–water partition coefficient (Wildman–Crippen LogP) is 13.3. The Kier molecular flexibility index (Phi) is 17.8. The molecule has 8 heteroatoms. The molecule has 0 fully saturated rings. The van der Waals surface area contributed by atoms with Crippen LogP contribution in [0.25, 0.3) is 5.57 Å². The van der Waals surface area contributed by atoms with Gasteiger partial charge in [0.05, 0.1) is 11.4 Å². The second-order valence-corrected chi connectivity index (χ2v) is 18.6. The Morgan fingerprint density at radius 1 is 0.629 bits per heavy atom. The summed E-state index contributed by atoms with van der Waals surface area (Å²) in [4.78, 5) is 45.1. The van der Waals surface area contributed by atoms with Gasteiger partial charge >= 0.3 is 0 Å². The molecule has 70 heavy (non-hydrogen) atoms. The van der Waals surface area contributed by atoms with Crippen LogP contribution in [0.4, 0.5) is 22.7 Å². The second kappa shape index (κ2) is 24.5. The van der Waals surface area contributed by atoms with Gasteiger partial charge in [-0.2, -0.15) is 4.58 Å². The van der Waals surface area contributed by atoms with Crippen LogP contribution in [0.2, 0.25) is 0 Å². The molecule has 5 aromatic rings. The number of Topliss-reactive ketones (excluding diaryl/α,β-unsaturated/α-hetero) is 1. The van der Waals surface area contributed by atoms with Gasteiger partial charge in [0, 0.05) is 81.5 Å². The molecule has 0 saturated heterocycles. The van der Waals surface area contributed by atoms with Crippen LogP contribution < -0.4 is 20.6 Å². The van der Waals surface area contributed by atoms with Gasteiger partial charge in [-0.15, -0.1) is 0 Å². The Labute approximate surface area is 416 Å². The van der Waals surface area contributed by atoms with Crippen molar-refractivity contribution in [3.05, 3.63) is 196 Å². The molecule has 8 nitrogen and oxygen atoms in total. The smallest absolute Gasteiger partial charge is 0.255 e. The Morgan fingerprint density at radius 2 is 1.23 bits per heavy atom. The lowest BCUT2D eigenvalue weighted by Gasteiger charge is -2.35. The van der Waals surface area contributed by atoms with Crippen molar-refractivity contribution < 1.29 is 24.1 Å². The number of unbranched alkanes of at least 4 members (excludes halogenated alkanes) is 2. The largest absolute Gasteiger partial charge is 0.871 e. The lowest BCUT2D eigenvalue weighted by molar-refractivity contribution is -0.448. The minimum Gasteiger partial charge on any atom is -0.871 e. The van der Waals surface area contributed by atoms with Gasteiger partial charge in [0.15, 0.2) is 12.3 Å². The van der Waals surface area contributed by atoms with E-state index in [1.54, 1.807) is 60.7 Å². The van der Waals surface area contributed by atoms with Crippen molar-refractivity contribution in [3.8, 4) is 0 Å². The number of hydrogen-bond donors (Lipinski definition) is 2. The average molecular weight is 935 g/mol. The van der Waals surface area contributed by atoms with Crippen LogP contribution in [0.5, 0.6) is 0 Å². The van der Waals surface area contributed by atoms with Crippen molar-refractivity contribution in [2.75, 3.05) is 23.3 Å². The maximum atomic E-state index is 14.8. The van der Waals surface area contributed by atoms with Gasteiger partial charge in [0.1, 0.15) is 0 Å². The number of carbonyl (C=O) groups is 3. The highest BCUT2D eigenvalue weighted by molar-refractivity contribution is 6.40. The molecule has 2 amide bonds. The maximum Gasteiger partial charge on any atom is 0.255 e. The van der Waals surface area contributed by atoms with Crippen LogP contribution in [0.1, 0.15) is 130 Å². The Balaban J connectivity index is 1.37. The zero-order chi connectivity index (χ0) is 49.6. The summed E-state index contributed by atoms with van der Waals surface area (Å²) in [5.41, 5.74) is 8.49. The van der Waals surface area contributed by atoms with Crippen molar-refractivity contribution in [1.82, 2.24) is 5.32 Å². The first-order valence-corrected chi connectivity index (χ1v) is 25.7. The molecule has 2 atom stereocenters. The summed E-state index contributed by atoms with van der Waals surface area (Å²) in [5, 5.41) is 21.1. The van der Waals surface area contributed by atoms with Gasteiger partial charge in [0.25, 0.3) is 11.8 Å². The number of nitrogens with zero attached hydrogens (tertiary/aromatic N) is 2. The number of aryl methyl sites for hydroxylation is 2. The highest BCUT2D eigenvalue weighted by atomic mass is 16.3. The molecular formula is C62H70N4O4. The molecule has 0 spiro atoms. The van der Waals surface area contributed by atoms with Gasteiger partial charge in [-0.25, -0.2) is 0 Å². The molecule has 2 unspecified atom stereocenters. The highest BCUT2D eigenvalue weighted by Gasteiger charge is 2.35. The maximum absolute atomic E-state index is 14.8. The summed E-state index contributed by atoms with van der Waals surface area (Å²) in [6.45, 7) is 14.7. The van der Waals surface area contributed by atoms with Gasteiger partial charge in [-0.1, -0.05) is 146 Å². The standard InChI is InChI=1S/C62H70N4O4/c1-7-13-23-45(11-5)41-65(49-31-21-25-43(9-3)37-49)51-33-35-53(55(39-51)63-61(69)47-27-17-15-18-28-47)57-59(67)58(60(57)68)54-36-34-52(40-56(54)64-62(70)48-29-19-16-20-30-48)66(42-46(12-6)24-14-8-2)50-32-22-26-44(10-4)38-50/h15-22,25-40,45-46H,7-14,23-24,41-42H2,1-6H3,(H2,63,64,67,68,69,70). The van der Waals surface area contributed by atoms with Crippen LogP contribution in [0.3, 0.4) is 0 Å². The second-order valence-electron chi connectivity index (χ2n) is 18.6. The van der Waals surface area contributed by atoms with Crippen LogP contribution in [-0.2, 0) is 17.6 Å². The van der Waals surface area contributed by atoms with E-state index < -0.39 is 11.5 Å². The van der Waals surface area contributed by atoms with Gasteiger partial charge in [-0.3, -0.25) is 14.4 Å². The topological polar surface area (TPSA) is 105 Å². The molecule has 0 aliphatic heterocycles. The summed E-state index contributed by atoms with van der Waals surface area (Å²) in [6, 6.07) is 40.6. The number of nitrogens with one attached hydrogen (secondary N) is 2. The number of anilines is 3. The van der Waals surface area contributed by atoms with Crippen LogP contribution in [-0.4, -0.2) is 41.0 Å². The summed E-state index contributed by atoms with van der Waals surface area (Å²) < 4.78 is 2.30. The van der Waals surface area contributed by atoms with Crippen molar-refractivity contribution in [2.45, 2.75) is 106 Å². The van der Waals surface area contributed by atoms with Crippen molar-refractivity contribution in [1.29, 1.82) is 0 Å². The molecule has 2 aliphatic carbocycles. The molecule has 362 valence electrons. The lowest BCUT2D eigenvalue weighted by Crippen LogP contribution is -2.34. The molecule has 2 N–H and O–H groups in total. The predicted molar refractivity (Wildman–Crippen MR) is 286 cm³/mol. The third kappa shape index (κ3) is 12.0. The quantitative estimate of drug-likeness (QED) is 0.0531. The number of benzene rings is 5. The first kappa shape index (κ1) is 50.8. The van der Waals surface area contributed by atoms with E-state index in [4.69, 9.17) is 0 Å². The minimum absolute atomic E-state index is 0.0112. The zero-order valence-corrected chi connectivity index (χ0v) is 42.0. The Bertz CT molecular complexity index is 2820. The van der Waals surface area contributed by atoms with E-state index >= 15 is 0 Å². The average Bonchev–Trinajstić information content (AvgIpc) is 3.40. The van der Waals surface area contributed by atoms with Gasteiger partial charge in [0.2, 0.25) is 11.4 Å². The molecule has 0 bridgehead atoms. The first-order valence-electron chi connectivity index (χ1n) is 25.7. The fraction of sp³-hybridized carbons (Fsp3) is 0.323. The fourth-order valence-electron chi connectivity index (χ4n) is 9.45. The Hall–Kier alpha value is -7.06. The van der Waals surface area contributed by atoms with E-state index in [9.17, 15) is 19.5 Å². The third-order valence-corrected chi connectivity index (χ3v) is 13.9. The molecule has 0 saturated carbocycles. The summed E-state index contributed by atoms with van der Waals surface area (Å²) in [7, 11) is 0. The van der Waals surface area contributed by atoms with E-state index in [1.165, 1.54) is 11.1 Å². The van der Waals surface area contributed by atoms with E-state index in [-0.39, 0.29) is 23.0 Å². The molecule has 5 aromatic carbocycles. The summed E-state index contributed by atoms with van der Waals surface area (Å²) in [6.07, 6.45) is 16.1. The van der Waals surface area contributed by atoms with Crippen molar-refractivity contribution >= 4 is 51.6 Å². The number of amides is 2. The molecule has 0 heterocycles. The monoisotopic (exact) mass is 935 g/mol. The Morgan fingerprint density at radius 3 is 1.84 bits per heavy atom. The number of carbonyl (C=O) groups excluding carboxylic acids is 3. The van der Waals surface area contributed by atoms with Crippen LogP contribution in [0, 0.1) is 11.8 Å². The van der Waals surface area contributed by atoms with E-state index in [0.717, 1.165) is 100 Å². The minimum atomic E-state index is -0.452. The molecule has 0 radical (unpaired) electrons. The number of ketones is 1. The van der Waals surface area contributed by atoms with Crippen LogP contribution >= 0.6 is 0 Å². The molecular weight excluding hydrogens is 865 g/mol. The van der Waals surface area contributed by atoms with Crippen LogP contribution in [0.15, 0.2) is 168 Å². The summed E-state index contributed by atoms with van der Waals surface area (Å²) >= 11 is 0. The van der Waals surface area contributed by atoms with Crippen molar-refractivity contribution in [3.63, 3.8) is 0 Å². The third-order valence-electron chi connectivity index (χ3n) is 13.9. The molecule has 7 rings (SSSR count).